The minimum atomic E-state index is -0.473. The van der Waals surface area contributed by atoms with E-state index in [1.54, 1.807) is 11.8 Å². The third-order valence-corrected chi connectivity index (χ3v) is 4.22. The van der Waals surface area contributed by atoms with Gasteiger partial charge in [0.05, 0.1) is 12.5 Å². The van der Waals surface area contributed by atoms with Crippen LogP contribution in [0.4, 0.5) is 0 Å². The van der Waals surface area contributed by atoms with Crippen LogP contribution in [0.15, 0.2) is 29.2 Å². The van der Waals surface area contributed by atoms with Crippen molar-refractivity contribution in [1.82, 2.24) is 0 Å². The van der Waals surface area contributed by atoms with E-state index in [2.05, 4.69) is 0 Å². The van der Waals surface area contributed by atoms with Crippen molar-refractivity contribution in [3.05, 3.63) is 29.8 Å². The smallest absolute Gasteiger partial charge is 0.312 e. The molecule has 2 N–H and O–H groups in total. The van der Waals surface area contributed by atoms with Crippen LogP contribution >= 0.6 is 11.8 Å². The minimum Gasteiger partial charge on any atom is -0.469 e. The molecule has 0 heterocycles. The molecule has 3 nitrogen and oxygen atoms in total. The van der Waals surface area contributed by atoms with Crippen LogP contribution in [0.1, 0.15) is 32.4 Å². The van der Waals surface area contributed by atoms with Crippen molar-refractivity contribution in [2.75, 3.05) is 12.9 Å². The molecule has 0 aromatic heterocycles. The van der Waals surface area contributed by atoms with Gasteiger partial charge in [0, 0.05) is 16.7 Å². The first kappa shape index (κ1) is 15.1. The van der Waals surface area contributed by atoms with Gasteiger partial charge in [-0.15, -0.1) is 11.8 Å². The molecule has 0 bridgehead atoms. The first-order valence-corrected chi connectivity index (χ1v) is 6.92. The van der Waals surface area contributed by atoms with Gasteiger partial charge in [0.15, 0.2) is 0 Å². The quantitative estimate of drug-likeness (QED) is 0.658. The Morgan fingerprint density at radius 1 is 1.39 bits per heavy atom. The summed E-state index contributed by atoms with van der Waals surface area (Å²) in [4.78, 5) is 12.7. The molecule has 18 heavy (non-hydrogen) atoms. The first-order valence-electron chi connectivity index (χ1n) is 5.93. The lowest BCUT2D eigenvalue weighted by Crippen LogP contribution is -2.28. The summed E-state index contributed by atoms with van der Waals surface area (Å²) in [6.07, 6.45) is 0. The Morgan fingerprint density at radius 2 is 1.94 bits per heavy atom. The summed E-state index contributed by atoms with van der Waals surface area (Å²) in [5.74, 6) is 0.513. The number of thioether (sulfide) groups is 1. The molecule has 0 spiro atoms. The van der Waals surface area contributed by atoms with E-state index in [-0.39, 0.29) is 12.0 Å². The van der Waals surface area contributed by atoms with Crippen molar-refractivity contribution < 1.29 is 9.53 Å². The van der Waals surface area contributed by atoms with Crippen molar-refractivity contribution in [1.29, 1.82) is 0 Å². The van der Waals surface area contributed by atoms with E-state index < -0.39 is 5.41 Å². The van der Waals surface area contributed by atoms with E-state index >= 15 is 0 Å². The van der Waals surface area contributed by atoms with E-state index in [0.717, 1.165) is 10.5 Å². The molecular formula is C14H21NO2S. The number of hydrogen-bond acceptors (Lipinski definition) is 4. The molecule has 1 aromatic carbocycles. The summed E-state index contributed by atoms with van der Waals surface area (Å²) in [6.45, 7) is 5.74. The largest absolute Gasteiger partial charge is 0.469 e. The van der Waals surface area contributed by atoms with Gasteiger partial charge in [-0.05, 0) is 38.5 Å². The summed E-state index contributed by atoms with van der Waals surface area (Å²) >= 11 is 1.65. The van der Waals surface area contributed by atoms with E-state index in [9.17, 15) is 4.79 Å². The summed E-state index contributed by atoms with van der Waals surface area (Å²) in [7, 11) is 1.42. The lowest BCUT2D eigenvalue weighted by atomic mass is 9.97. The van der Waals surface area contributed by atoms with Gasteiger partial charge < -0.3 is 10.5 Å². The molecule has 0 aliphatic heterocycles. The van der Waals surface area contributed by atoms with E-state index in [4.69, 9.17) is 10.5 Å². The molecule has 4 heteroatoms. The standard InChI is InChI=1S/C14H21NO2S/c1-10(15)11-5-7-12(8-6-11)18-9-14(2,3)13(16)17-4/h5-8,10H,9,15H2,1-4H3. The third-order valence-electron chi connectivity index (χ3n) is 2.74. The van der Waals surface area contributed by atoms with E-state index in [1.165, 1.54) is 7.11 Å². The number of ether oxygens (including phenoxy) is 1. The number of carbonyl (C=O) groups is 1. The lowest BCUT2D eigenvalue weighted by Gasteiger charge is -2.20. The van der Waals surface area contributed by atoms with Gasteiger partial charge in [0.1, 0.15) is 0 Å². The zero-order chi connectivity index (χ0) is 13.8. The fourth-order valence-electron chi connectivity index (χ4n) is 1.47. The number of benzene rings is 1. The zero-order valence-electron chi connectivity index (χ0n) is 11.4. The SMILES string of the molecule is COC(=O)C(C)(C)CSc1ccc(C(C)N)cc1. The highest BCUT2D eigenvalue weighted by Gasteiger charge is 2.28. The topological polar surface area (TPSA) is 52.3 Å². The van der Waals surface area contributed by atoms with Gasteiger partial charge in [-0.25, -0.2) is 0 Å². The van der Waals surface area contributed by atoms with Crippen LogP contribution in [0.2, 0.25) is 0 Å². The fourth-order valence-corrected chi connectivity index (χ4v) is 2.44. The summed E-state index contributed by atoms with van der Waals surface area (Å²) in [5.41, 5.74) is 6.44. The highest BCUT2D eigenvalue weighted by molar-refractivity contribution is 7.99. The molecule has 0 fully saturated rings. The Labute approximate surface area is 113 Å². The average Bonchev–Trinajstić information content (AvgIpc) is 2.35. The predicted molar refractivity (Wildman–Crippen MR) is 75.6 cm³/mol. The molecule has 100 valence electrons. The van der Waals surface area contributed by atoms with Gasteiger partial charge in [0.25, 0.3) is 0 Å². The molecule has 1 rings (SSSR count). The molecule has 1 aromatic rings. The summed E-state index contributed by atoms with van der Waals surface area (Å²) < 4.78 is 4.79. The van der Waals surface area contributed by atoms with Crippen molar-refractivity contribution in [3.8, 4) is 0 Å². The number of carbonyl (C=O) groups excluding carboxylic acids is 1. The van der Waals surface area contributed by atoms with Gasteiger partial charge >= 0.3 is 5.97 Å². The molecule has 0 saturated heterocycles. The Bertz CT molecular complexity index is 399. The van der Waals surface area contributed by atoms with Crippen LogP contribution in [0.3, 0.4) is 0 Å². The Balaban J connectivity index is 2.61. The Morgan fingerprint density at radius 3 is 2.39 bits per heavy atom. The van der Waals surface area contributed by atoms with Crippen LogP contribution in [0.25, 0.3) is 0 Å². The predicted octanol–water partition coefficient (Wildman–Crippen LogP) is 3.00. The first-order chi connectivity index (χ1) is 8.36. The van der Waals surface area contributed by atoms with Gasteiger partial charge in [-0.2, -0.15) is 0 Å². The molecule has 1 unspecified atom stereocenters. The summed E-state index contributed by atoms with van der Waals surface area (Å²) in [6, 6.07) is 8.18. The third kappa shape index (κ3) is 4.03. The maximum atomic E-state index is 11.5. The number of nitrogens with two attached hydrogens (primary N) is 1. The second-order valence-electron chi connectivity index (χ2n) is 5.02. The number of hydrogen-bond donors (Lipinski definition) is 1. The highest BCUT2D eigenvalue weighted by atomic mass is 32.2. The van der Waals surface area contributed by atoms with Gasteiger partial charge in [-0.3, -0.25) is 4.79 Å². The second kappa shape index (κ2) is 6.25. The minimum absolute atomic E-state index is 0.0514. The molecule has 0 amide bonds. The van der Waals surface area contributed by atoms with Crippen LogP contribution in [0, 0.1) is 5.41 Å². The molecule has 0 saturated carbocycles. The fraction of sp³-hybridized carbons (Fsp3) is 0.500. The monoisotopic (exact) mass is 267 g/mol. The molecule has 0 radical (unpaired) electrons. The number of rotatable bonds is 5. The van der Waals surface area contributed by atoms with Crippen LogP contribution in [0.5, 0.6) is 0 Å². The lowest BCUT2D eigenvalue weighted by molar-refractivity contribution is -0.149. The zero-order valence-corrected chi connectivity index (χ0v) is 12.2. The van der Waals surface area contributed by atoms with Crippen molar-refractivity contribution in [2.24, 2.45) is 11.1 Å². The van der Waals surface area contributed by atoms with E-state index in [0.29, 0.717) is 5.75 Å². The number of esters is 1. The van der Waals surface area contributed by atoms with Gasteiger partial charge in [-0.1, -0.05) is 12.1 Å². The second-order valence-corrected chi connectivity index (χ2v) is 6.07. The Kier molecular flexibility index (Phi) is 5.23. The van der Waals surface area contributed by atoms with Gasteiger partial charge in [0.2, 0.25) is 0 Å². The highest BCUT2D eigenvalue weighted by Crippen LogP contribution is 2.29. The molecular weight excluding hydrogens is 246 g/mol. The van der Waals surface area contributed by atoms with Crippen LogP contribution in [-0.2, 0) is 9.53 Å². The normalized spacial score (nSPS) is 13.2. The van der Waals surface area contributed by atoms with Crippen LogP contribution in [-0.4, -0.2) is 18.8 Å². The molecule has 1 atom stereocenters. The maximum Gasteiger partial charge on any atom is 0.312 e. The molecule has 0 aliphatic rings. The number of methoxy groups -OCH3 is 1. The van der Waals surface area contributed by atoms with Crippen LogP contribution < -0.4 is 5.73 Å². The average molecular weight is 267 g/mol. The van der Waals surface area contributed by atoms with Crippen molar-refractivity contribution in [3.63, 3.8) is 0 Å². The van der Waals surface area contributed by atoms with E-state index in [1.807, 2.05) is 45.0 Å². The summed E-state index contributed by atoms with van der Waals surface area (Å²) in [5, 5.41) is 0. The maximum absolute atomic E-state index is 11.5. The molecule has 0 aliphatic carbocycles. The van der Waals surface area contributed by atoms with Crippen molar-refractivity contribution in [2.45, 2.75) is 31.7 Å². The van der Waals surface area contributed by atoms with Crippen molar-refractivity contribution >= 4 is 17.7 Å². The Hall–Kier alpha value is -1.00.